The first-order chi connectivity index (χ1) is 12.1. The van der Waals surface area contributed by atoms with Crippen molar-refractivity contribution < 1.29 is 14.6 Å². The van der Waals surface area contributed by atoms with Crippen LogP contribution in [0.3, 0.4) is 0 Å². The number of ether oxygens (including phenoxy) is 1. The van der Waals surface area contributed by atoms with Crippen LogP contribution < -0.4 is 10.9 Å². The highest BCUT2D eigenvalue weighted by molar-refractivity contribution is 5.87. The number of amides is 1. The standard InChI is InChI=1S/C19H18N2O4/c22-16-8-6-14(15-7-9-17(23)21-18(15)16)10-11-20-19(24)25-12-13-4-2-1-3-5-13/h1-9,22H,10-12H2,(H,20,24)(H,21,23). The maximum atomic E-state index is 11.7. The Bertz CT molecular complexity index is 935. The lowest BCUT2D eigenvalue weighted by Crippen LogP contribution is -2.26. The molecule has 0 aliphatic carbocycles. The van der Waals surface area contributed by atoms with Crippen LogP contribution in [0, 0.1) is 0 Å². The van der Waals surface area contributed by atoms with Crippen LogP contribution in [-0.4, -0.2) is 22.7 Å². The number of phenolic OH excluding ortho intramolecular Hbond substituents is 1. The highest BCUT2D eigenvalue weighted by Crippen LogP contribution is 2.24. The normalized spacial score (nSPS) is 10.6. The van der Waals surface area contributed by atoms with Gasteiger partial charge < -0.3 is 20.1 Å². The second-order valence-corrected chi connectivity index (χ2v) is 5.59. The van der Waals surface area contributed by atoms with E-state index in [0.29, 0.717) is 18.5 Å². The van der Waals surface area contributed by atoms with E-state index in [0.717, 1.165) is 16.5 Å². The van der Waals surface area contributed by atoms with E-state index in [1.54, 1.807) is 12.1 Å². The maximum absolute atomic E-state index is 11.7. The maximum Gasteiger partial charge on any atom is 0.407 e. The van der Waals surface area contributed by atoms with Gasteiger partial charge in [0.05, 0.1) is 5.52 Å². The molecule has 0 fully saturated rings. The number of aromatic hydroxyl groups is 1. The van der Waals surface area contributed by atoms with Crippen LogP contribution in [0.4, 0.5) is 4.79 Å². The van der Waals surface area contributed by atoms with E-state index < -0.39 is 6.09 Å². The van der Waals surface area contributed by atoms with Gasteiger partial charge in [-0.1, -0.05) is 36.4 Å². The van der Waals surface area contributed by atoms with Crippen molar-refractivity contribution in [3.63, 3.8) is 0 Å². The first-order valence-corrected chi connectivity index (χ1v) is 7.92. The number of alkyl carbamates (subject to hydrolysis) is 1. The molecule has 0 saturated heterocycles. The van der Waals surface area contributed by atoms with Gasteiger partial charge in [0, 0.05) is 18.0 Å². The molecule has 0 spiro atoms. The first kappa shape index (κ1) is 16.6. The summed E-state index contributed by atoms with van der Waals surface area (Å²) < 4.78 is 5.15. The third-order valence-electron chi connectivity index (χ3n) is 3.84. The van der Waals surface area contributed by atoms with Gasteiger partial charge in [-0.2, -0.15) is 0 Å². The summed E-state index contributed by atoms with van der Waals surface area (Å²) in [7, 11) is 0. The molecule has 0 saturated carbocycles. The van der Waals surface area contributed by atoms with E-state index in [2.05, 4.69) is 10.3 Å². The first-order valence-electron chi connectivity index (χ1n) is 7.92. The predicted octanol–water partition coefficient (Wildman–Crippen LogP) is 2.70. The fraction of sp³-hybridized carbons (Fsp3) is 0.158. The van der Waals surface area contributed by atoms with Crippen molar-refractivity contribution in [1.82, 2.24) is 10.3 Å². The van der Waals surface area contributed by atoms with Gasteiger partial charge in [-0.05, 0) is 29.7 Å². The number of aromatic nitrogens is 1. The Morgan fingerprint density at radius 3 is 2.68 bits per heavy atom. The summed E-state index contributed by atoms with van der Waals surface area (Å²) in [5.74, 6) is 0.0201. The Morgan fingerprint density at radius 1 is 1.08 bits per heavy atom. The van der Waals surface area contributed by atoms with Gasteiger partial charge >= 0.3 is 6.09 Å². The summed E-state index contributed by atoms with van der Waals surface area (Å²) in [6.07, 6.45) is 0.0591. The number of hydrogen-bond donors (Lipinski definition) is 3. The highest BCUT2D eigenvalue weighted by Gasteiger charge is 2.07. The molecule has 1 aromatic heterocycles. The molecular weight excluding hydrogens is 320 g/mol. The second-order valence-electron chi connectivity index (χ2n) is 5.59. The van der Waals surface area contributed by atoms with Gasteiger partial charge in [-0.25, -0.2) is 4.79 Å². The van der Waals surface area contributed by atoms with Crippen LogP contribution in [0.2, 0.25) is 0 Å². The monoisotopic (exact) mass is 338 g/mol. The molecule has 3 aromatic rings. The van der Waals surface area contributed by atoms with Crippen LogP contribution in [-0.2, 0) is 17.8 Å². The minimum Gasteiger partial charge on any atom is -0.506 e. The van der Waals surface area contributed by atoms with E-state index in [1.165, 1.54) is 12.1 Å². The van der Waals surface area contributed by atoms with E-state index in [9.17, 15) is 14.7 Å². The average molecular weight is 338 g/mol. The van der Waals surface area contributed by atoms with Crippen LogP contribution in [0.25, 0.3) is 10.9 Å². The van der Waals surface area contributed by atoms with Crippen molar-refractivity contribution in [2.75, 3.05) is 6.54 Å². The number of carbonyl (C=O) groups excluding carboxylic acids is 1. The minimum absolute atomic E-state index is 0.0201. The molecule has 0 aliphatic rings. The highest BCUT2D eigenvalue weighted by atomic mass is 16.5. The molecule has 0 atom stereocenters. The topological polar surface area (TPSA) is 91.4 Å². The molecule has 0 bridgehead atoms. The number of aromatic amines is 1. The average Bonchev–Trinajstić information content (AvgIpc) is 2.63. The largest absolute Gasteiger partial charge is 0.506 e. The lowest BCUT2D eigenvalue weighted by Gasteiger charge is -2.09. The summed E-state index contributed by atoms with van der Waals surface area (Å²) in [6, 6.07) is 15.8. The van der Waals surface area contributed by atoms with E-state index in [-0.39, 0.29) is 17.9 Å². The summed E-state index contributed by atoms with van der Waals surface area (Å²) in [5.41, 5.74) is 1.96. The van der Waals surface area contributed by atoms with Crippen molar-refractivity contribution in [1.29, 1.82) is 0 Å². The van der Waals surface area contributed by atoms with Gasteiger partial charge in [-0.3, -0.25) is 4.79 Å². The zero-order chi connectivity index (χ0) is 17.6. The molecule has 6 nitrogen and oxygen atoms in total. The predicted molar refractivity (Wildman–Crippen MR) is 94.6 cm³/mol. The van der Waals surface area contributed by atoms with Crippen LogP contribution in [0.15, 0.2) is 59.4 Å². The van der Waals surface area contributed by atoms with Gasteiger partial charge in [-0.15, -0.1) is 0 Å². The molecule has 0 unspecified atom stereocenters. The SMILES string of the molecule is O=C(NCCc1ccc(O)c2[nH]c(=O)ccc12)OCc1ccccc1. The molecule has 128 valence electrons. The second kappa shape index (κ2) is 7.53. The van der Waals surface area contributed by atoms with E-state index in [1.807, 2.05) is 30.3 Å². The van der Waals surface area contributed by atoms with Gasteiger partial charge in [0.1, 0.15) is 12.4 Å². The number of hydrogen-bond acceptors (Lipinski definition) is 4. The van der Waals surface area contributed by atoms with Crippen molar-refractivity contribution in [3.8, 4) is 5.75 Å². The number of pyridine rings is 1. The number of fused-ring (bicyclic) bond motifs is 1. The number of benzene rings is 2. The van der Waals surface area contributed by atoms with E-state index >= 15 is 0 Å². The van der Waals surface area contributed by atoms with Crippen molar-refractivity contribution in [2.24, 2.45) is 0 Å². The van der Waals surface area contributed by atoms with Crippen LogP contribution in [0.1, 0.15) is 11.1 Å². The number of carbonyl (C=O) groups is 1. The lowest BCUT2D eigenvalue weighted by molar-refractivity contribution is 0.140. The van der Waals surface area contributed by atoms with Crippen molar-refractivity contribution >= 4 is 17.0 Å². The molecule has 3 N–H and O–H groups in total. The summed E-state index contributed by atoms with van der Waals surface area (Å²) in [6.45, 7) is 0.600. The molecule has 25 heavy (non-hydrogen) atoms. The van der Waals surface area contributed by atoms with Gasteiger partial charge in [0.15, 0.2) is 0 Å². The zero-order valence-electron chi connectivity index (χ0n) is 13.5. The Balaban J connectivity index is 1.57. The minimum atomic E-state index is -0.486. The number of rotatable bonds is 5. The fourth-order valence-electron chi connectivity index (χ4n) is 2.59. The molecule has 1 amide bonds. The molecule has 2 aromatic carbocycles. The van der Waals surface area contributed by atoms with E-state index in [4.69, 9.17) is 4.74 Å². The van der Waals surface area contributed by atoms with Crippen molar-refractivity contribution in [3.05, 3.63) is 76.1 Å². The lowest BCUT2D eigenvalue weighted by atomic mass is 10.0. The molecule has 3 rings (SSSR count). The summed E-state index contributed by atoms with van der Waals surface area (Å²) in [4.78, 5) is 25.8. The van der Waals surface area contributed by atoms with Gasteiger partial charge in [0.25, 0.3) is 0 Å². The Labute approximate surface area is 144 Å². The Hall–Kier alpha value is -3.28. The third kappa shape index (κ3) is 4.17. The molecule has 1 heterocycles. The Morgan fingerprint density at radius 2 is 1.88 bits per heavy atom. The molecule has 0 radical (unpaired) electrons. The fourth-order valence-corrected chi connectivity index (χ4v) is 2.59. The van der Waals surface area contributed by atoms with Crippen LogP contribution >= 0.6 is 0 Å². The smallest absolute Gasteiger partial charge is 0.407 e. The Kier molecular flexibility index (Phi) is 4.99. The quantitative estimate of drug-likeness (QED) is 0.667. The molecule has 0 aliphatic heterocycles. The summed E-state index contributed by atoms with van der Waals surface area (Å²) >= 11 is 0. The van der Waals surface area contributed by atoms with Gasteiger partial charge in [0.2, 0.25) is 5.56 Å². The van der Waals surface area contributed by atoms with Crippen molar-refractivity contribution in [2.45, 2.75) is 13.0 Å². The molecular formula is C19H18N2O4. The summed E-state index contributed by atoms with van der Waals surface area (Å²) in [5, 5.41) is 13.3. The molecule has 6 heteroatoms. The number of phenols is 1. The zero-order valence-corrected chi connectivity index (χ0v) is 13.5. The third-order valence-corrected chi connectivity index (χ3v) is 3.84. The number of nitrogens with one attached hydrogen (secondary N) is 2. The van der Waals surface area contributed by atoms with Crippen LogP contribution in [0.5, 0.6) is 5.75 Å². The number of H-pyrrole nitrogens is 1.